The molecule has 1 unspecified atom stereocenters. The van der Waals surface area contributed by atoms with Crippen molar-refractivity contribution in [1.82, 2.24) is 0 Å². The first-order valence-electron chi connectivity index (χ1n) is 11.8. The van der Waals surface area contributed by atoms with Crippen molar-refractivity contribution in [2.75, 3.05) is 13.7 Å². The van der Waals surface area contributed by atoms with Gasteiger partial charge in [0.15, 0.2) is 0 Å². The summed E-state index contributed by atoms with van der Waals surface area (Å²) in [5.41, 5.74) is 11.7. The molecule has 3 aromatic rings. The molecule has 3 N–H and O–H groups in total. The summed E-state index contributed by atoms with van der Waals surface area (Å²) in [5, 5.41) is 19.1. The third-order valence-electron chi connectivity index (χ3n) is 5.40. The smallest absolute Gasteiger partial charge is 0.865 e. The van der Waals surface area contributed by atoms with Crippen molar-refractivity contribution in [3.05, 3.63) is 70.1 Å². The van der Waals surface area contributed by atoms with Gasteiger partial charge in [-0.15, -0.1) is 11.8 Å². The molecule has 36 heavy (non-hydrogen) atoms. The van der Waals surface area contributed by atoms with Crippen molar-refractivity contribution >= 4 is 29.4 Å². The van der Waals surface area contributed by atoms with E-state index in [0.717, 1.165) is 19.8 Å². The maximum absolute atomic E-state index is 11.6. The zero-order chi connectivity index (χ0) is 26.6. The van der Waals surface area contributed by atoms with Crippen molar-refractivity contribution in [2.24, 2.45) is 5.73 Å². The molecule has 0 saturated carbocycles. The second kappa shape index (κ2) is 17.9. The Bertz CT molecular complexity index is 1020. The molecule has 3 rings (SSSR count). The normalized spacial score (nSPS) is 11.2. The molecular formula is C29H40KNO3S2. The molecule has 1 aromatic heterocycles. The number of hydrogen-bond acceptors (Lipinski definition) is 6. The molecule has 0 aliphatic carbocycles. The van der Waals surface area contributed by atoms with E-state index in [1.165, 1.54) is 48.9 Å². The fraction of sp³-hybridized carbons (Fsp3) is 0.414. The van der Waals surface area contributed by atoms with Gasteiger partial charge in [-0.3, -0.25) is 0 Å². The van der Waals surface area contributed by atoms with E-state index in [1.54, 1.807) is 6.07 Å². The topological polar surface area (TPSA) is 86.4 Å². The van der Waals surface area contributed by atoms with Crippen molar-refractivity contribution in [3.8, 4) is 16.2 Å². The molecule has 0 radical (unpaired) electrons. The summed E-state index contributed by atoms with van der Waals surface area (Å²) in [4.78, 5) is 11.8. The maximum Gasteiger partial charge on any atom is 1.00 e. The molecule has 0 amide bonds. The maximum atomic E-state index is 11.6. The van der Waals surface area contributed by atoms with E-state index in [9.17, 15) is 9.90 Å². The van der Waals surface area contributed by atoms with Gasteiger partial charge in [0.05, 0.1) is 0 Å². The average Bonchev–Trinajstić information content (AvgIpc) is 3.25. The largest absolute Gasteiger partial charge is 1.00 e. The molecule has 1 atom stereocenters. The summed E-state index contributed by atoms with van der Waals surface area (Å²) in [6.07, 6.45) is 2.30. The number of thioether (sulfide) groups is 1. The van der Waals surface area contributed by atoms with Gasteiger partial charge in [0.2, 0.25) is 0 Å². The first kappa shape index (κ1) is 35.5. The van der Waals surface area contributed by atoms with Gasteiger partial charge in [-0.25, -0.2) is 0 Å². The van der Waals surface area contributed by atoms with Crippen LogP contribution in [0.15, 0.2) is 53.4 Å². The van der Waals surface area contributed by atoms with E-state index in [1.807, 2.05) is 17.8 Å². The van der Waals surface area contributed by atoms with Gasteiger partial charge < -0.3 is 20.7 Å². The Hall–Kier alpha value is -0.484. The molecule has 4 nitrogen and oxygen atoms in total. The number of benzene rings is 2. The van der Waals surface area contributed by atoms with Gasteiger partial charge in [-0.05, 0) is 78.2 Å². The standard InChI is InChI=1S/C25H30OS2.C3H7NO.CH4O.K/c1-7-21(22-12-13-23(26)28-22)27-20-14-16(2)24(17(3)15-20)18-8-10-19(11-9-18)25(4,5)6;4-2-1-3-5;1-2;/h8-15,21,26H,7H2,1-6H3;3H,1-2,4H2;2H,1H3;/q;;;+1/p-1. The fourth-order valence-corrected chi connectivity index (χ4v) is 5.94. The van der Waals surface area contributed by atoms with Crippen LogP contribution in [0.4, 0.5) is 0 Å². The molecule has 1 heterocycles. The van der Waals surface area contributed by atoms with Crippen LogP contribution in [0, 0.1) is 13.8 Å². The number of rotatable bonds is 7. The Balaban J connectivity index is 0.00000137. The first-order valence-corrected chi connectivity index (χ1v) is 13.5. The van der Waals surface area contributed by atoms with E-state index in [0.29, 0.717) is 18.2 Å². The quantitative estimate of drug-likeness (QED) is 0.264. The molecule has 0 saturated heterocycles. The van der Waals surface area contributed by atoms with Crippen molar-refractivity contribution < 1.29 is 66.4 Å². The molecule has 192 valence electrons. The predicted octanol–water partition coefficient (Wildman–Crippen LogP) is 3.79. The minimum absolute atomic E-state index is 0. The van der Waals surface area contributed by atoms with E-state index in [4.69, 9.17) is 10.8 Å². The van der Waals surface area contributed by atoms with Crippen LogP contribution in [0.25, 0.3) is 11.1 Å². The molecule has 0 bridgehead atoms. The van der Waals surface area contributed by atoms with Crippen LogP contribution < -0.4 is 62.2 Å². The van der Waals surface area contributed by atoms with Gasteiger partial charge in [-0.2, -0.15) is 11.3 Å². The summed E-state index contributed by atoms with van der Waals surface area (Å²) in [7, 11) is 1.00. The van der Waals surface area contributed by atoms with Gasteiger partial charge in [-0.1, -0.05) is 63.1 Å². The molecule has 0 aliphatic heterocycles. The second-order valence-corrected chi connectivity index (χ2v) is 11.5. The minimum atomic E-state index is 0. The number of thiophene rings is 1. The third-order valence-corrected chi connectivity index (χ3v) is 7.92. The predicted molar refractivity (Wildman–Crippen MR) is 151 cm³/mol. The van der Waals surface area contributed by atoms with Gasteiger partial charge >= 0.3 is 51.4 Å². The van der Waals surface area contributed by atoms with Crippen LogP contribution in [-0.4, -0.2) is 25.0 Å². The zero-order valence-corrected chi connectivity index (χ0v) is 27.8. The van der Waals surface area contributed by atoms with Gasteiger partial charge in [0, 0.05) is 28.6 Å². The average molecular weight is 554 g/mol. The SMILES string of the molecule is CCC(Sc1cc(C)c(-c2ccc(C(C)(C)C)cc2)c(C)c1)c1ccc([O-])s1.CO.NCCC=O.[K+]. The van der Waals surface area contributed by atoms with Crippen LogP contribution in [0.5, 0.6) is 5.06 Å². The van der Waals surface area contributed by atoms with E-state index < -0.39 is 0 Å². The monoisotopic (exact) mass is 553 g/mol. The molecule has 0 spiro atoms. The Labute approximate surface area is 268 Å². The van der Waals surface area contributed by atoms with Gasteiger partial charge in [0.25, 0.3) is 0 Å². The molecule has 7 heteroatoms. The minimum Gasteiger partial charge on any atom is -0.865 e. The van der Waals surface area contributed by atoms with Crippen molar-refractivity contribution in [1.29, 1.82) is 0 Å². The summed E-state index contributed by atoms with van der Waals surface area (Å²) < 4.78 is 0. The number of aryl methyl sites for hydroxylation is 2. The number of carbonyl (C=O) groups is 1. The number of aliphatic hydroxyl groups is 1. The molecule has 0 aliphatic rings. The van der Waals surface area contributed by atoms with E-state index in [2.05, 4.69) is 77.9 Å². The zero-order valence-electron chi connectivity index (χ0n) is 23.1. The van der Waals surface area contributed by atoms with E-state index >= 15 is 0 Å². The summed E-state index contributed by atoms with van der Waals surface area (Å²) in [6, 6.07) is 17.3. The van der Waals surface area contributed by atoms with Crippen LogP contribution >= 0.6 is 23.1 Å². The number of aliphatic hydroxyl groups excluding tert-OH is 1. The van der Waals surface area contributed by atoms with Crippen LogP contribution in [0.2, 0.25) is 0 Å². The van der Waals surface area contributed by atoms with Crippen LogP contribution in [0.1, 0.15) is 67.4 Å². The number of nitrogens with two attached hydrogens (primary N) is 1. The fourth-order valence-electron chi connectivity index (χ4n) is 3.67. The number of aldehydes is 1. The molecule has 2 aromatic carbocycles. The Kier molecular flexibility index (Phi) is 17.7. The van der Waals surface area contributed by atoms with Crippen LogP contribution in [0.3, 0.4) is 0 Å². The summed E-state index contributed by atoms with van der Waals surface area (Å²) >= 11 is 3.24. The Morgan fingerprint density at radius 2 is 1.61 bits per heavy atom. The van der Waals surface area contributed by atoms with Crippen LogP contribution in [-0.2, 0) is 10.2 Å². The van der Waals surface area contributed by atoms with Crippen molar-refractivity contribution in [2.45, 2.75) is 69.9 Å². The first-order chi connectivity index (χ1) is 16.6. The molecular weight excluding hydrogens is 514 g/mol. The second-order valence-electron chi connectivity index (χ2n) is 9.17. The summed E-state index contributed by atoms with van der Waals surface area (Å²) in [5.74, 6) is 0. The van der Waals surface area contributed by atoms with E-state index in [-0.39, 0.29) is 61.9 Å². The third kappa shape index (κ3) is 11.1. The summed E-state index contributed by atoms with van der Waals surface area (Å²) in [6.45, 7) is 13.8. The Morgan fingerprint density at radius 3 is 1.97 bits per heavy atom. The number of carbonyl (C=O) groups excluding carboxylic acids is 1. The van der Waals surface area contributed by atoms with Gasteiger partial charge in [0.1, 0.15) is 6.29 Å². The molecule has 0 fully saturated rings. The van der Waals surface area contributed by atoms with Crippen molar-refractivity contribution in [3.63, 3.8) is 0 Å². The number of hydrogen-bond donors (Lipinski definition) is 2. The Morgan fingerprint density at radius 1 is 1.06 bits per heavy atom.